The lowest BCUT2D eigenvalue weighted by atomic mass is 10.0. The van der Waals surface area contributed by atoms with Crippen LogP contribution in [0.3, 0.4) is 0 Å². The maximum atomic E-state index is 13.1. The lowest BCUT2D eigenvalue weighted by Gasteiger charge is -2.34. The van der Waals surface area contributed by atoms with Gasteiger partial charge in [0.25, 0.3) is 0 Å². The number of aliphatic hydroxyl groups excluding tert-OH is 1. The predicted molar refractivity (Wildman–Crippen MR) is 131 cm³/mol. The number of β-amino-alcohol motifs (C(OH)–C–C–N with tert-alkyl or cyclic N) is 1. The van der Waals surface area contributed by atoms with Crippen molar-refractivity contribution < 1.29 is 54.5 Å². The van der Waals surface area contributed by atoms with Gasteiger partial charge in [0.1, 0.15) is 0 Å². The van der Waals surface area contributed by atoms with E-state index in [1.165, 1.54) is 0 Å². The summed E-state index contributed by atoms with van der Waals surface area (Å²) < 4.78 is 110. The van der Waals surface area contributed by atoms with Crippen LogP contribution in [0.1, 0.15) is 29.8 Å². The topological polar surface area (TPSA) is 102 Å². The van der Waals surface area contributed by atoms with Crippen LogP contribution in [0.2, 0.25) is 5.02 Å². The first-order valence-electron chi connectivity index (χ1n) is 12.3. The summed E-state index contributed by atoms with van der Waals surface area (Å²) in [7, 11) is 0. The number of nitrogens with one attached hydrogen (secondary N) is 1. The van der Waals surface area contributed by atoms with E-state index in [-0.39, 0.29) is 25.2 Å². The highest BCUT2D eigenvalue weighted by Crippen LogP contribution is 2.35. The van der Waals surface area contributed by atoms with Crippen LogP contribution in [-0.4, -0.2) is 81.6 Å². The molecule has 1 unspecified atom stereocenters. The Hall–Kier alpha value is -2.89. The molecule has 0 aliphatic carbocycles. The second-order valence-electron chi connectivity index (χ2n) is 9.66. The third kappa shape index (κ3) is 9.57. The third-order valence-electron chi connectivity index (χ3n) is 6.47. The number of carboxylic acid groups (broad SMARTS) is 1. The molecule has 0 saturated carbocycles. The highest BCUT2D eigenvalue weighted by atomic mass is 35.5. The fourth-order valence-corrected chi connectivity index (χ4v) is 4.51. The molecule has 42 heavy (non-hydrogen) atoms. The SMILES string of the molecule is O=C(O)C(F)(F)F.O[C@@H]1CN(c2nc(C(F)(F)F)cc(C(F)(F)F)n2)CC1NC1CCN(Cc2ccc(Cl)cc2)CC1. The summed E-state index contributed by atoms with van der Waals surface area (Å²) in [6.07, 6.45) is -14.6. The van der Waals surface area contributed by atoms with Crippen LogP contribution in [-0.2, 0) is 23.7 Å². The van der Waals surface area contributed by atoms with E-state index in [0.29, 0.717) is 5.02 Å². The van der Waals surface area contributed by atoms with Gasteiger partial charge in [0, 0.05) is 30.7 Å². The Morgan fingerprint density at radius 2 is 1.43 bits per heavy atom. The minimum Gasteiger partial charge on any atom is -0.475 e. The number of aliphatic hydroxyl groups is 1. The Kier molecular flexibility index (Phi) is 10.5. The minimum atomic E-state index is -5.08. The normalized spacial score (nSPS) is 20.8. The van der Waals surface area contributed by atoms with Gasteiger partial charge in [0.05, 0.1) is 12.1 Å². The highest BCUT2D eigenvalue weighted by molar-refractivity contribution is 6.30. The van der Waals surface area contributed by atoms with Gasteiger partial charge in [-0.25, -0.2) is 14.8 Å². The van der Waals surface area contributed by atoms with Gasteiger partial charge in [-0.1, -0.05) is 23.7 Å². The van der Waals surface area contributed by atoms with Crippen molar-refractivity contribution in [1.82, 2.24) is 20.2 Å². The molecule has 2 saturated heterocycles. The number of hydrogen-bond acceptors (Lipinski definition) is 7. The van der Waals surface area contributed by atoms with E-state index >= 15 is 0 Å². The van der Waals surface area contributed by atoms with Crippen molar-refractivity contribution in [2.24, 2.45) is 0 Å². The fourth-order valence-electron chi connectivity index (χ4n) is 4.39. The van der Waals surface area contributed by atoms with Crippen molar-refractivity contribution in [2.75, 3.05) is 31.1 Å². The zero-order chi connectivity index (χ0) is 31.5. The molecule has 3 heterocycles. The Morgan fingerprint density at radius 3 is 1.88 bits per heavy atom. The average Bonchev–Trinajstić information content (AvgIpc) is 3.25. The van der Waals surface area contributed by atoms with Crippen LogP contribution in [0.25, 0.3) is 0 Å². The fraction of sp³-hybridized carbons (Fsp3) is 0.542. The van der Waals surface area contributed by atoms with Crippen molar-refractivity contribution in [1.29, 1.82) is 0 Å². The number of benzene rings is 1. The van der Waals surface area contributed by atoms with E-state index in [4.69, 9.17) is 21.5 Å². The number of carboxylic acids is 1. The standard InChI is InChI=1S/C22H24ClF6N5O.C2HF3O2/c23-14-3-1-13(2-4-14)10-33-7-5-15(6-8-33)30-16-11-34(12-17(16)35)20-31-18(21(24,25)26)9-19(32-20)22(27,28)29;3-2(4,5)1(6)7/h1-4,9,15-17,30,35H,5-8,10-12H2;(H,6,7)/t16?,17-;/m1./s1. The summed E-state index contributed by atoms with van der Waals surface area (Å²) in [4.78, 5) is 19.0. The summed E-state index contributed by atoms with van der Waals surface area (Å²) in [5, 5.41) is 21.6. The van der Waals surface area contributed by atoms with Crippen molar-refractivity contribution in [2.45, 2.75) is 56.1 Å². The molecule has 2 atom stereocenters. The van der Waals surface area contributed by atoms with Gasteiger partial charge in [-0.2, -0.15) is 39.5 Å². The molecule has 2 fully saturated rings. The molecule has 1 aromatic heterocycles. The van der Waals surface area contributed by atoms with Gasteiger partial charge in [-0.15, -0.1) is 0 Å². The molecule has 8 nitrogen and oxygen atoms in total. The first-order valence-corrected chi connectivity index (χ1v) is 12.7. The number of aromatic nitrogens is 2. The first kappa shape index (κ1) is 33.6. The number of anilines is 1. The number of likely N-dealkylation sites (tertiary alicyclic amines) is 1. The second-order valence-corrected chi connectivity index (χ2v) is 10.1. The maximum Gasteiger partial charge on any atom is 0.490 e. The molecule has 0 spiro atoms. The van der Waals surface area contributed by atoms with Gasteiger partial charge in [0.2, 0.25) is 5.95 Å². The van der Waals surface area contributed by atoms with Gasteiger partial charge < -0.3 is 20.4 Å². The van der Waals surface area contributed by atoms with Gasteiger partial charge in [-0.05, 0) is 49.7 Å². The van der Waals surface area contributed by atoms with Crippen LogP contribution in [0.15, 0.2) is 30.3 Å². The van der Waals surface area contributed by atoms with Crippen molar-refractivity contribution >= 4 is 23.5 Å². The number of carbonyl (C=O) groups is 1. The lowest BCUT2D eigenvalue weighted by molar-refractivity contribution is -0.192. The lowest BCUT2D eigenvalue weighted by Crippen LogP contribution is -2.49. The number of halogens is 10. The zero-order valence-electron chi connectivity index (χ0n) is 21.4. The Balaban J connectivity index is 0.000000616. The summed E-state index contributed by atoms with van der Waals surface area (Å²) in [6, 6.07) is 7.03. The highest BCUT2D eigenvalue weighted by Gasteiger charge is 2.42. The zero-order valence-corrected chi connectivity index (χ0v) is 22.2. The molecule has 2 aliphatic rings. The predicted octanol–water partition coefficient (Wildman–Crippen LogP) is 4.60. The summed E-state index contributed by atoms with van der Waals surface area (Å²) in [5.41, 5.74) is -2.20. The average molecular weight is 638 g/mol. The molecule has 2 aromatic rings. The van der Waals surface area contributed by atoms with E-state index < -0.39 is 54.0 Å². The monoisotopic (exact) mass is 637 g/mol. The third-order valence-corrected chi connectivity index (χ3v) is 6.72. The molecule has 234 valence electrons. The summed E-state index contributed by atoms with van der Waals surface area (Å²) >= 11 is 5.92. The molecule has 0 amide bonds. The Bertz CT molecular complexity index is 1170. The number of hydrogen-bond donors (Lipinski definition) is 3. The van der Waals surface area contributed by atoms with Crippen LogP contribution in [0.4, 0.5) is 45.5 Å². The Labute approximate surface area is 238 Å². The van der Waals surface area contributed by atoms with Gasteiger partial charge >= 0.3 is 24.5 Å². The number of nitrogens with zero attached hydrogens (tertiary/aromatic N) is 4. The van der Waals surface area contributed by atoms with Crippen molar-refractivity contribution in [3.8, 4) is 0 Å². The minimum absolute atomic E-state index is 0.00916. The molecule has 4 rings (SSSR count). The molecule has 18 heteroatoms. The van der Waals surface area contributed by atoms with Crippen molar-refractivity contribution in [3.05, 3.63) is 52.3 Å². The number of alkyl halides is 9. The molecule has 0 bridgehead atoms. The van der Waals surface area contributed by atoms with E-state index in [9.17, 15) is 44.6 Å². The largest absolute Gasteiger partial charge is 0.490 e. The van der Waals surface area contributed by atoms with Crippen LogP contribution >= 0.6 is 11.6 Å². The van der Waals surface area contributed by atoms with E-state index in [0.717, 1.165) is 42.9 Å². The van der Waals surface area contributed by atoms with Crippen molar-refractivity contribution in [3.63, 3.8) is 0 Å². The van der Waals surface area contributed by atoms with Gasteiger partial charge in [0.15, 0.2) is 11.4 Å². The van der Waals surface area contributed by atoms with Crippen LogP contribution in [0.5, 0.6) is 0 Å². The summed E-state index contributed by atoms with van der Waals surface area (Å²) in [6.45, 7) is 2.20. The first-order chi connectivity index (χ1) is 19.3. The molecular weight excluding hydrogens is 613 g/mol. The summed E-state index contributed by atoms with van der Waals surface area (Å²) in [5.74, 6) is -3.46. The Morgan fingerprint density at radius 1 is 0.929 bits per heavy atom. The molecular formula is C24H25ClF9N5O3. The van der Waals surface area contributed by atoms with E-state index in [2.05, 4.69) is 20.2 Å². The molecule has 3 N–H and O–H groups in total. The second kappa shape index (κ2) is 13.2. The van der Waals surface area contributed by atoms with E-state index in [1.54, 1.807) is 0 Å². The van der Waals surface area contributed by atoms with E-state index in [1.807, 2.05) is 24.3 Å². The number of rotatable bonds is 5. The van der Waals surface area contributed by atoms with Gasteiger partial charge in [-0.3, -0.25) is 4.90 Å². The number of aliphatic carboxylic acids is 1. The molecule has 2 aliphatic heterocycles. The van der Waals surface area contributed by atoms with Crippen LogP contribution in [0, 0.1) is 0 Å². The van der Waals surface area contributed by atoms with Crippen LogP contribution < -0.4 is 10.2 Å². The molecule has 0 radical (unpaired) electrons. The molecule has 1 aromatic carbocycles. The quantitative estimate of drug-likeness (QED) is 0.409. The smallest absolute Gasteiger partial charge is 0.475 e. The number of piperidine rings is 1. The maximum absolute atomic E-state index is 13.1.